The highest BCUT2D eigenvalue weighted by Gasteiger charge is 2.32. The quantitative estimate of drug-likeness (QED) is 0.526. The zero-order valence-corrected chi connectivity index (χ0v) is 16.8. The van der Waals surface area contributed by atoms with Crippen LogP contribution < -0.4 is 0 Å². The predicted molar refractivity (Wildman–Crippen MR) is 119 cm³/mol. The first kappa shape index (κ1) is 18.9. The number of carboxylic acids is 1. The molecule has 1 aliphatic heterocycles. The van der Waals surface area contributed by atoms with Gasteiger partial charge >= 0.3 is 5.97 Å². The number of nitrogens with zero attached hydrogens (tertiary/aromatic N) is 2. The number of nitrogens with one attached hydrogen (secondary N) is 1. The standard InChI is InChI=1S/C25H25N3O2/c29-25(30)24(22-16-26-23-11-4-3-10-21(22)23)28-14-12-27(13-15-28)17-19-8-5-7-18-6-1-2-9-20(18)19/h1-11,16,24,26H,12-15,17H2,(H,29,30)/t24-/m0/s1. The van der Waals surface area contributed by atoms with Crippen LogP contribution in [0.2, 0.25) is 0 Å². The van der Waals surface area contributed by atoms with Crippen LogP contribution in [0.5, 0.6) is 0 Å². The van der Waals surface area contributed by atoms with Gasteiger partial charge in [-0.05, 0) is 22.4 Å². The van der Waals surface area contributed by atoms with E-state index in [0.29, 0.717) is 0 Å². The van der Waals surface area contributed by atoms with E-state index in [9.17, 15) is 9.90 Å². The smallest absolute Gasteiger partial charge is 0.325 e. The number of hydrogen-bond donors (Lipinski definition) is 2. The number of hydrogen-bond acceptors (Lipinski definition) is 3. The molecule has 152 valence electrons. The van der Waals surface area contributed by atoms with E-state index >= 15 is 0 Å². The normalized spacial score (nSPS) is 16.8. The van der Waals surface area contributed by atoms with Crippen molar-refractivity contribution in [2.24, 2.45) is 0 Å². The zero-order chi connectivity index (χ0) is 20.5. The molecule has 4 aromatic rings. The van der Waals surface area contributed by atoms with E-state index in [1.165, 1.54) is 16.3 Å². The second-order valence-corrected chi connectivity index (χ2v) is 7.98. The first-order valence-corrected chi connectivity index (χ1v) is 10.4. The first-order chi connectivity index (χ1) is 14.7. The van der Waals surface area contributed by atoms with Crippen LogP contribution in [0, 0.1) is 0 Å². The molecule has 1 fully saturated rings. The van der Waals surface area contributed by atoms with Gasteiger partial charge in [0, 0.05) is 55.4 Å². The first-order valence-electron chi connectivity index (χ1n) is 10.4. The number of aromatic amines is 1. The number of carbonyl (C=O) groups is 1. The van der Waals surface area contributed by atoms with E-state index in [0.717, 1.165) is 49.2 Å². The highest BCUT2D eigenvalue weighted by molar-refractivity contribution is 5.89. The fourth-order valence-electron chi connectivity index (χ4n) is 4.66. The van der Waals surface area contributed by atoms with Gasteiger partial charge in [0.15, 0.2) is 0 Å². The maximum Gasteiger partial charge on any atom is 0.325 e. The van der Waals surface area contributed by atoms with Crippen molar-refractivity contribution in [1.82, 2.24) is 14.8 Å². The van der Waals surface area contributed by atoms with E-state index in [1.807, 2.05) is 30.5 Å². The number of piperazine rings is 1. The van der Waals surface area contributed by atoms with Crippen molar-refractivity contribution in [2.45, 2.75) is 12.6 Å². The van der Waals surface area contributed by atoms with Crippen LogP contribution in [0.15, 0.2) is 72.9 Å². The molecule has 0 radical (unpaired) electrons. The van der Waals surface area contributed by atoms with Gasteiger partial charge in [0.25, 0.3) is 0 Å². The third-order valence-corrected chi connectivity index (χ3v) is 6.20. The Kier molecular flexibility index (Phi) is 4.99. The minimum absolute atomic E-state index is 0.624. The highest BCUT2D eigenvalue weighted by atomic mass is 16.4. The van der Waals surface area contributed by atoms with Crippen LogP contribution in [0.4, 0.5) is 0 Å². The molecule has 0 unspecified atom stereocenters. The SMILES string of the molecule is O=C(O)[C@H](c1c[nH]c2ccccc12)N1CCN(Cc2cccc3ccccc23)CC1. The van der Waals surface area contributed by atoms with Crippen molar-refractivity contribution in [3.63, 3.8) is 0 Å². The van der Waals surface area contributed by atoms with E-state index in [4.69, 9.17) is 0 Å². The van der Waals surface area contributed by atoms with E-state index in [2.05, 4.69) is 57.2 Å². The Labute approximate surface area is 175 Å². The van der Waals surface area contributed by atoms with Gasteiger partial charge in [-0.25, -0.2) is 0 Å². The largest absolute Gasteiger partial charge is 0.480 e. The zero-order valence-electron chi connectivity index (χ0n) is 16.8. The lowest BCUT2D eigenvalue weighted by Gasteiger charge is -2.37. The van der Waals surface area contributed by atoms with Gasteiger partial charge in [-0.15, -0.1) is 0 Å². The van der Waals surface area contributed by atoms with Crippen molar-refractivity contribution < 1.29 is 9.90 Å². The predicted octanol–water partition coefficient (Wildman–Crippen LogP) is 4.26. The lowest BCUT2D eigenvalue weighted by atomic mass is 10.0. The summed E-state index contributed by atoms with van der Waals surface area (Å²) in [6.07, 6.45) is 1.85. The van der Waals surface area contributed by atoms with Gasteiger partial charge in [-0.2, -0.15) is 0 Å². The van der Waals surface area contributed by atoms with Crippen molar-refractivity contribution in [3.05, 3.63) is 84.1 Å². The molecule has 30 heavy (non-hydrogen) atoms. The number of H-pyrrole nitrogens is 1. The Balaban J connectivity index is 1.32. The summed E-state index contributed by atoms with van der Waals surface area (Å²) in [5, 5.41) is 13.6. The number of aromatic nitrogens is 1. The fraction of sp³-hybridized carbons (Fsp3) is 0.240. The number of carboxylic acid groups (broad SMARTS) is 1. The Morgan fingerprint density at radius 2 is 1.60 bits per heavy atom. The second kappa shape index (κ2) is 7.94. The van der Waals surface area contributed by atoms with Crippen molar-refractivity contribution in [3.8, 4) is 0 Å². The monoisotopic (exact) mass is 399 g/mol. The molecule has 3 aromatic carbocycles. The number of aliphatic carboxylic acids is 1. The Bertz CT molecular complexity index is 1190. The summed E-state index contributed by atoms with van der Waals surface area (Å²) >= 11 is 0. The van der Waals surface area contributed by atoms with E-state index in [-0.39, 0.29) is 0 Å². The number of benzene rings is 3. The molecule has 0 spiro atoms. The summed E-state index contributed by atoms with van der Waals surface area (Å²) in [5.41, 5.74) is 3.15. The number of fused-ring (bicyclic) bond motifs is 2. The van der Waals surface area contributed by atoms with Crippen LogP contribution in [-0.2, 0) is 11.3 Å². The molecule has 1 aliphatic rings. The summed E-state index contributed by atoms with van der Waals surface area (Å²) in [5.74, 6) is -0.790. The summed E-state index contributed by atoms with van der Waals surface area (Å²) in [6, 6.07) is 22.2. The molecule has 2 heterocycles. The van der Waals surface area contributed by atoms with Crippen LogP contribution >= 0.6 is 0 Å². The molecule has 5 heteroatoms. The summed E-state index contributed by atoms with van der Waals surface area (Å²) < 4.78 is 0. The van der Waals surface area contributed by atoms with Crippen LogP contribution in [0.3, 0.4) is 0 Å². The van der Waals surface area contributed by atoms with Gasteiger partial charge in [-0.3, -0.25) is 14.6 Å². The van der Waals surface area contributed by atoms with Crippen LogP contribution in [0.25, 0.3) is 21.7 Å². The van der Waals surface area contributed by atoms with Gasteiger partial charge < -0.3 is 10.1 Å². The molecule has 1 atom stereocenters. The van der Waals surface area contributed by atoms with Gasteiger partial charge in [-0.1, -0.05) is 60.7 Å². The third-order valence-electron chi connectivity index (χ3n) is 6.20. The lowest BCUT2D eigenvalue weighted by Crippen LogP contribution is -2.48. The Morgan fingerprint density at radius 3 is 2.40 bits per heavy atom. The molecule has 1 saturated heterocycles. The summed E-state index contributed by atoms with van der Waals surface area (Å²) in [6.45, 7) is 4.08. The molecule has 5 nitrogen and oxygen atoms in total. The maximum atomic E-state index is 12.2. The Hall–Kier alpha value is -3.15. The highest BCUT2D eigenvalue weighted by Crippen LogP contribution is 2.30. The maximum absolute atomic E-state index is 12.2. The molecular formula is C25H25N3O2. The minimum Gasteiger partial charge on any atom is -0.480 e. The number of rotatable bonds is 5. The molecule has 1 aromatic heterocycles. The van der Waals surface area contributed by atoms with Gasteiger partial charge in [0.2, 0.25) is 0 Å². The van der Waals surface area contributed by atoms with Crippen molar-refractivity contribution >= 4 is 27.6 Å². The molecule has 2 N–H and O–H groups in total. The third kappa shape index (κ3) is 3.47. The summed E-state index contributed by atoms with van der Waals surface area (Å²) in [7, 11) is 0. The minimum atomic E-state index is -0.790. The molecule has 5 rings (SSSR count). The second-order valence-electron chi connectivity index (χ2n) is 7.98. The summed E-state index contributed by atoms with van der Waals surface area (Å²) in [4.78, 5) is 19.9. The molecule has 0 amide bonds. The van der Waals surface area contributed by atoms with Crippen molar-refractivity contribution in [1.29, 1.82) is 0 Å². The number of para-hydroxylation sites is 1. The lowest BCUT2D eigenvalue weighted by molar-refractivity contribution is -0.144. The van der Waals surface area contributed by atoms with Crippen LogP contribution in [0.1, 0.15) is 17.2 Å². The van der Waals surface area contributed by atoms with Crippen LogP contribution in [-0.4, -0.2) is 52.0 Å². The van der Waals surface area contributed by atoms with Gasteiger partial charge in [0.1, 0.15) is 6.04 Å². The molecule has 0 aliphatic carbocycles. The van der Waals surface area contributed by atoms with E-state index < -0.39 is 12.0 Å². The molecular weight excluding hydrogens is 374 g/mol. The van der Waals surface area contributed by atoms with Gasteiger partial charge in [0.05, 0.1) is 0 Å². The Morgan fingerprint density at radius 1 is 0.900 bits per heavy atom. The topological polar surface area (TPSA) is 59.6 Å². The molecule has 0 bridgehead atoms. The average Bonchev–Trinajstić information content (AvgIpc) is 3.19. The molecule has 0 saturated carbocycles. The average molecular weight is 399 g/mol. The van der Waals surface area contributed by atoms with Crippen molar-refractivity contribution in [2.75, 3.05) is 26.2 Å². The van der Waals surface area contributed by atoms with E-state index in [1.54, 1.807) is 0 Å². The fourth-order valence-corrected chi connectivity index (χ4v) is 4.66.